The molecule has 43 heavy (non-hydrogen) atoms. The first kappa shape index (κ1) is 26.3. The molecule has 1 aliphatic heterocycles. The summed E-state index contributed by atoms with van der Waals surface area (Å²) < 4.78 is 26.3. The summed E-state index contributed by atoms with van der Waals surface area (Å²) >= 11 is 6.99. The monoisotopic (exact) mass is 599 g/mol. The van der Waals surface area contributed by atoms with E-state index in [1.807, 2.05) is 39.8 Å². The topological polar surface area (TPSA) is 84.2 Å². The van der Waals surface area contributed by atoms with Crippen molar-refractivity contribution >= 4 is 40.4 Å². The molecule has 1 amide bonds. The van der Waals surface area contributed by atoms with E-state index in [0.717, 1.165) is 5.56 Å². The van der Waals surface area contributed by atoms with Gasteiger partial charge >= 0.3 is 5.69 Å². The molecule has 1 fully saturated rings. The highest BCUT2D eigenvalue weighted by Gasteiger charge is 2.34. The van der Waals surface area contributed by atoms with Crippen LogP contribution in [0.25, 0.3) is 34.1 Å². The van der Waals surface area contributed by atoms with Crippen molar-refractivity contribution in [3.05, 3.63) is 94.1 Å². The van der Waals surface area contributed by atoms with Gasteiger partial charge in [0, 0.05) is 36.9 Å². The number of halogens is 1. The van der Waals surface area contributed by atoms with E-state index in [1.165, 1.54) is 16.7 Å². The third-order valence-corrected chi connectivity index (χ3v) is 8.12. The standard InChI is InChI=1S/C34H37ClN6O2/c1-8-23-13-11-12-14-25(23)30-27(35)17-26-32(37-30)41(31-24(9-2)15-16-36-29(31)20(4)5)34(43)38-33(26)40-21(6)18-39(19-22(40)7)28(42)10-3/h8,10-17,20-22H,1,3,9,18-19H2,2,4-7H3/t21-,22-/m0/s1/i1D2,21D. The molecule has 222 valence electrons. The van der Waals surface area contributed by atoms with Gasteiger partial charge in [0.1, 0.15) is 5.82 Å². The number of nitrogens with zero attached hydrogens (tertiary/aromatic N) is 6. The van der Waals surface area contributed by atoms with E-state index in [0.29, 0.717) is 46.6 Å². The van der Waals surface area contributed by atoms with Gasteiger partial charge in [-0.3, -0.25) is 9.78 Å². The molecule has 0 unspecified atom stereocenters. The van der Waals surface area contributed by atoms with Gasteiger partial charge in [0.25, 0.3) is 0 Å². The Morgan fingerprint density at radius 1 is 1.23 bits per heavy atom. The van der Waals surface area contributed by atoms with E-state index >= 15 is 0 Å². The van der Waals surface area contributed by atoms with Gasteiger partial charge in [-0.15, -0.1) is 0 Å². The normalized spacial score (nSPS) is 19.6. The maximum atomic E-state index is 14.3. The summed E-state index contributed by atoms with van der Waals surface area (Å²) in [6.45, 7) is 13.2. The number of hydrogen-bond donors (Lipinski definition) is 0. The first-order valence-electron chi connectivity index (χ1n) is 15.8. The Balaban J connectivity index is 1.90. The second-order valence-electron chi connectivity index (χ2n) is 11.1. The molecule has 0 bridgehead atoms. The minimum atomic E-state index is -1.36. The third-order valence-electron chi connectivity index (χ3n) is 7.83. The first-order chi connectivity index (χ1) is 21.8. The van der Waals surface area contributed by atoms with Crippen LogP contribution in [0.15, 0.2) is 66.6 Å². The molecule has 1 aliphatic rings. The Hall–Kier alpha value is -4.30. The van der Waals surface area contributed by atoms with Gasteiger partial charge in [0.2, 0.25) is 5.91 Å². The van der Waals surface area contributed by atoms with E-state index < -0.39 is 17.7 Å². The summed E-state index contributed by atoms with van der Waals surface area (Å²) in [6.07, 6.45) is 5.01. The van der Waals surface area contributed by atoms with Crippen LogP contribution in [0.2, 0.25) is 5.02 Å². The zero-order valence-corrected chi connectivity index (χ0v) is 25.8. The molecular weight excluding hydrogens is 560 g/mol. The zero-order valence-electron chi connectivity index (χ0n) is 28.1. The summed E-state index contributed by atoms with van der Waals surface area (Å²) in [7, 11) is 0. The number of carbonyl (C=O) groups is 1. The molecule has 2 atom stereocenters. The number of aromatic nitrogens is 4. The van der Waals surface area contributed by atoms with Gasteiger partial charge in [0.15, 0.2) is 5.65 Å². The van der Waals surface area contributed by atoms with Crippen LogP contribution in [0.4, 0.5) is 5.82 Å². The molecule has 0 saturated carbocycles. The Morgan fingerprint density at radius 2 is 2.00 bits per heavy atom. The number of benzene rings is 1. The molecule has 8 nitrogen and oxygen atoms in total. The maximum absolute atomic E-state index is 14.3. The molecule has 1 aromatic carbocycles. The molecule has 0 N–H and O–H groups in total. The molecule has 4 aromatic rings. The predicted molar refractivity (Wildman–Crippen MR) is 175 cm³/mol. The van der Waals surface area contributed by atoms with E-state index in [9.17, 15) is 11.0 Å². The van der Waals surface area contributed by atoms with Crippen LogP contribution in [0, 0.1) is 0 Å². The Labute approximate surface area is 261 Å². The average molecular weight is 600 g/mol. The lowest BCUT2D eigenvalue weighted by Crippen LogP contribution is -2.58. The molecule has 0 aliphatic carbocycles. The van der Waals surface area contributed by atoms with Crippen molar-refractivity contribution in [1.82, 2.24) is 24.4 Å². The number of rotatable bonds is 7. The van der Waals surface area contributed by atoms with Crippen LogP contribution in [0.3, 0.4) is 0 Å². The number of amides is 1. The molecule has 0 spiro atoms. The van der Waals surface area contributed by atoms with E-state index in [2.05, 4.69) is 16.5 Å². The second kappa shape index (κ2) is 12.1. The van der Waals surface area contributed by atoms with Crippen molar-refractivity contribution < 1.29 is 8.91 Å². The van der Waals surface area contributed by atoms with E-state index in [4.69, 9.17) is 19.3 Å². The number of carbonyl (C=O) groups excluding carboxylic acids is 1. The third kappa shape index (κ3) is 5.36. The highest BCUT2D eigenvalue weighted by atomic mass is 35.5. The van der Waals surface area contributed by atoms with E-state index in [-0.39, 0.29) is 41.4 Å². The largest absolute Gasteiger partial charge is 0.355 e. The van der Waals surface area contributed by atoms with Gasteiger partial charge in [-0.1, -0.05) is 75.8 Å². The van der Waals surface area contributed by atoms with Crippen LogP contribution >= 0.6 is 11.6 Å². The molecule has 9 heteroatoms. The smallest absolute Gasteiger partial charge is 0.347 e. The number of fused-ring (bicyclic) bond motifs is 1. The molecule has 1 saturated heterocycles. The lowest BCUT2D eigenvalue weighted by Gasteiger charge is -2.45. The SMILES string of the molecule is [2H]C([2H])=Cc1ccccc1-c1nc2c(cc1Cl)c(N1[C@@H](C)CN(C(=O)C=C)C[C@]1([2H])C)nc(=O)n2-c1c(CC)ccnc1C(C)C. The molecule has 0 radical (unpaired) electrons. The number of anilines is 1. The van der Waals surface area contributed by atoms with Gasteiger partial charge < -0.3 is 9.80 Å². The van der Waals surface area contributed by atoms with Gasteiger partial charge in [-0.05, 0) is 55.5 Å². The number of pyridine rings is 2. The highest BCUT2D eigenvalue weighted by molar-refractivity contribution is 6.34. The summed E-state index contributed by atoms with van der Waals surface area (Å²) in [5.74, 6) is -0.0530. The van der Waals surface area contributed by atoms with Crippen LogP contribution in [-0.4, -0.2) is 55.5 Å². The fraction of sp³-hybridized carbons (Fsp3) is 0.324. The first-order valence-corrected chi connectivity index (χ1v) is 14.7. The fourth-order valence-electron chi connectivity index (χ4n) is 5.88. The minimum absolute atomic E-state index is 0.0275. The van der Waals surface area contributed by atoms with Crippen molar-refractivity contribution in [2.75, 3.05) is 18.0 Å². The number of aryl methyl sites for hydroxylation is 1. The van der Waals surface area contributed by atoms with Crippen molar-refractivity contribution in [1.29, 1.82) is 0 Å². The lowest BCUT2D eigenvalue weighted by atomic mass is 10.0. The molecular formula is C34H37ClN6O2. The van der Waals surface area contributed by atoms with Crippen LogP contribution in [-0.2, 0) is 11.2 Å². The zero-order chi connectivity index (χ0) is 33.5. The van der Waals surface area contributed by atoms with Gasteiger partial charge in [-0.25, -0.2) is 14.3 Å². The minimum Gasteiger partial charge on any atom is -0.347 e. The second-order valence-corrected chi connectivity index (χ2v) is 11.5. The summed E-state index contributed by atoms with van der Waals surface area (Å²) in [4.78, 5) is 44.6. The van der Waals surface area contributed by atoms with Gasteiger partial charge in [-0.2, -0.15) is 4.98 Å². The highest BCUT2D eigenvalue weighted by Crippen LogP contribution is 2.37. The van der Waals surface area contributed by atoms with E-state index in [1.54, 1.807) is 47.2 Å². The summed E-state index contributed by atoms with van der Waals surface area (Å²) in [5.41, 5.74) is 3.42. The molecule has 5 rings (SSSR count). The molecule has 4 heterocycles. The quantitative estimate of drug-likeness (QED) is 0.227. The summed E-state index contributed by atoms with van der Waals surface area (Å²) in [5, 5.41) is 0.724. The summed E-state index contributed by atoms with van der Waals surface area (Å²) in [6, 6.07) is 9.04. The number of hydrogen-bond acceptors (Lipinski definition) is 6. The maximum Gasteiger partial charge on any atom is 0.355 e. The fourth-order valence-corrected chi connectivity index (χ4v) is 6.13. The van der Waals surface area contributed by atoms with Crippen LogP contribution in [0.5, 0.6) is 0 Å². The Morgan fingerprint density at radius 3 is 2.67 bits per heavy atom. The average Bonchev–Trinajstić information content (AvgIpc) is 2.99. The number of piperazine rings is 1. The van der Waals surface area contributed by atoms with Crippen molar-refractivity contribution in [2.24, 2.45) is 0 Å². The Bertz CT molecular complexity index is 1940. The molecule has 3 aromatic heterocycles. The van der Waals surface area contributed by atoms with Crippen LogP contribution < -0.4 is 10.6 Å². The van der Waals surface area contributed by atoms with Crippen molar-refractivity contribution in [3.63, 3.8) is 0 Å². The predicted octanol–water partition coefficient (Wildman–Crippen LogP) is 6.44. The van der Waals surface area contributed by atoms with Gasteiger partial charge in [0.05, 0.1) is 31.6 Å². The Kier molecular flexibility index (Phi) is 7.43. The lowest BCUT2D eigenvalue weighted by molar-refractivity contribution is -0.127. The van der Waals surface area contributed by atoms with Crippen LogP contribution in [0.1, 0.15) is 61.5 Å². The van der Waals surface area contributed by atoms with Crippen molar-refractivity contribution in [3.8, 4) is 16.9 Å². The van der Waals surface area contributed by atoms with Crippen molar-refractivity contribution in [2.45, 2.75) is 59.0 Å².